The van der Waals surface area contributed by atoms with Gasteiger partial charge in [0.25, 0.3) is 0 Å². The molecule has 0 N–H and O–H groups in total. The molecule has 0 aromatic heterocycles. The van der Waals surface area contributed by atoms with Crippen molar-refractivity contribution in [3.8, 4) is 11.1 Å². The predicted octanol–water partition coefficient (Wildman–Crippen LogP) is 5.07. The van der Waals surface area contributed by atoms with Crippen molar-refractivity contribution in [2.45, 2.75) is 19.8 Å². The van der Waals surface area contributed by atoms with Crippen LogP contribution in [-0.4, -0.2) is 0 Å². The Kier molecular flexibility index (Phi) is 3.79. The van der Waals surface area contributed by atoms with Gasteiger partial charge >= 0.3 is 0 Å². The summed E-state index contributed by atoms with van der Waals surface area (Å²) in [6.45, 7) is 2.21. The lowest BCUT2D eigenvalue weighted by Gasteiger charge is -2.07. The van der Waals surface area contributed by atoms with E-state index in [2.05, 4.69) is 65.3 Å². The Hall–Kier alpha value is -1.08. The Bertz CT molecular complexity index is 460. The smallest absolute Gasteiger partial charge is 0.0256 e. The quantitative estimate of drug-likeness (QED) is 0.733. The van der Waals surface area contributed by atoms with Crippen molar-refractivity contribution in [3.05, 3.63) is 58.6 Å². The molecule has 82 valence electrons. The highest BCUT2D eigenvalue weighted by Crippen LogP contribution is 2.29. The van der Waals surface area contributed by atoms with Gasteiger partial charge in [-0.1, -0.05) is 71.7 Å². The second kappa shape index (κ2) is 5.31. The molecule has 0 amide bonds. The predicted molar refractivity (Wildman–Crippen MR) is 73.6 cm³/mol. The van der Waals surface area contributed by atoms with Crippen LogP contribution in [0.4, 0.5) is 0 Å². The zero-order valence-electron chi connectivity index (χ0n) is 9.41. The molecule has 2 aromatic rings. The molecule has 0 fully saturated rings. The summed E-state index contributed by atoms with van der Waals surface area (Å²) in [5.41, 5.74) is 3.92. The van der Waals surface area contributed by atoms with Crippen LogP contribution in [0.1, 0.15) is 18.9 Å². The fourth-order valence-electron chi connectivity index (χ4n) is 1.85. The lowest BCUT2D eigenvalue weighted by Crippen LogP contribution is -1.85. The van der Waals surface area contributed by atoms with E-state index in [1.54, 1.807) is 0 Å². The first-order valence-electron chi connectivity index (χ1n) is 5.65. The summed E-state index contributed by atoms with van der Waals surface area (Å²) in [6.07, 6.45) is 2.34. The highest BCUT2D eigenvalue weighted by molar-refractivity contribution is 9.10. The Labute approximate surface area is 105 Å². The average Bonchev–Trinajstić information content (AvgIpc) is 2.31. The van der Waals surface area contributed by atoms with E-state index in [0.717, 1.165) is 6.42 Å². The van der Waals surface area contributed by atoms with Crippen molar-refractivity contribution in [2.24, 2.45) is 0 Å². The Morgan fingerprint density at radius 1 is 1.00 bits per heavy atom. The van der Waals surface area contributed by atoms with Crippen molar-refractivity contribution >= 4 is 15.9 Å². The fraction of sp³-hybridized carbons (Fsp3) is 0.200. The Balaban J connectivity index is 2.37. The number of hydrogen-bond donors (Lipinski definition) is 0. The summed E-state index contributed by atoms with van der Waals surface area (Å²) in [5.74, 6) is 0. The summed E-state index contributed by atoms with van der Waals surface area (Å²) in [5, 5.41) is 0. The molecule has 0 saturated heterocycles. The minimum Gasteiger partial charge on any atom is -0.0651 e. The van der Waals surface area contributed by atoms with Gasteiger partial charge in [-0.3, -0.25) is 0 Å². The Morgan fingerprint density at radius 3 is 2.38 bits per heavy atom. The highest BCUT2D eigenvalue weighted by Gasteiger charge is 2.03. The number of benzene rings is 2. The van der Waals surface area contributed by atoms with Crippen LogP contribution < -0.4 is 0 Å². The molecule has 0 nitrogen and oxygen atoms in total. The van der Waals surface area contributed by atoms with Gasteiger partial charge in [-0.05, 0) is 29.2 Å². The third-order valence-electron chi connectivity index (χ3n) is 2.66. The lowest BCUT2D eigenvalue weighted by atomic mass is 10.0. The first-order chi connectivity index (χ1) is 7.81. The summed E-state index contributed by atoms with van der Waals surface area (Å²) in [7, 11) is 0. The molecule has 0 aliphatic carbocycles. The molecule has 0 atom stereocenters. The lowest BCUT2D eigenvalue weighted by molar-refractivity contribution is 0.921. The standard InChI is InChI=1S/C15H15Br/c1-2-6-12-9-10-14(15(16)11-12)13-7-4-3-5-8-13/h3-5,7-11H,2,6H2,1H3. The van der Waals surface area contributed by atoms with Crippen molar-refractivity contribution in [1.29, 1.82) is 0 Å². The summed E-state index contributed by atoms with van der Waals surface area (Å²) >= 11 is 3.65. The summed E-state index contributed by atoms with van der Waals surface area (Å²) < 4.78 is 1.18. The van der Waals surface area contributed by atoms with E-state index < -0.39 is 0 Å². The van der Waals surface area contributed by atoms with E-state index in [0.29, 0.717) is 0 Å². The molecule has 2 aromatic carbocycles. The monoisotopic (exact) mass is 274 g/mol. The highest BCUT2D eigenvalue weighted by atomic mass is 79.9. The topological polar surface area (TPSA) is 0 Å². The number of hydrogen-bond acceptors (Lipinski definition) is 0. The molecule has 0 aliphatic heterocycles. The van der Waals surface area contributed by atoms with E-state index in [9.17, 15) is 0 Å². The van der Waals surface area contributed by atoms with Crippen LogP contribution in [0, 0.1) is 0 Å². The first kappa shape index (κ1) is 11.4. The van der Waals surface area contributed by atoms with Crippen LogP contribution in [0.5, 0.6) is 0 Å². The molecule has 0 heterocycles. The van der Waals surface area contributed by atoms with Crippen LogP contribution in [0.2, 0.25) is 0 Å². The molecular formula is C15H15Br. The first-order valence-corrected chi connectivity index (χ1v) is 6.44. The third kappa shape index (κ3) is 2.53. The van der Waals surface area contributed by atoms with Gasteiger partial charge in [0.05, 0.1) is 0 Å². The second-order valence-corrected chi connectivity index (χ2v) is 4.78. The molecular weight excluding hydrogens is 260 g/mol. The largest absolute Gasteiger partial charge is 0.0651 e. The van der Waals surface area contributed by atoms with Crippen molar-refractivity contribution in [2.75, 3.05) is 0 Å². The van der Waals surface area contributed by atoms with E-state index in [1.807, 2.05) is 6.07 Å². The third-order valence-corrected chi connectivity index (χ3v) is 3.31. The van der Waals surface area contributed by atoms with Gasteiger partial charge in [-0.15, -0.1) is 0 Å². The molecule has 16 heavy (non-hydrogen) atoms. The van der Waals surface area contributed by atoms with Gasteiger partial charge in [0.1, 0.15) is 0 Å². The summed E-state index contributed by atoms with van der Waals surface area (Å²) in [4.78, 5) is 0. The van der Waals surface area contributed by atoms with Crippen molar-refractivity contribution in [3.63, 3.8) is 0 Å². The normalized spacial score (nSPS) is 10.4. The molecule has 0 saturated carbocycles. The fourth-order valence-corrected chi connectivity index (χ4v) is 2.51. The van der Waals surface area contributed by atoms with Crippen LogP contribution in [0.15, 0.2) is 53.0 Å². The van der Waals surface area contributed by atoms with E-state index >= 15 is 0 Å². The van der Waals surface area contributed by atoms with Gasteiger partial charge in [-0.2, -0.15) is 0 Å². The van der Waals surface area contributed by atoms with Gasteiger partial charge in [0, 0.05) is 4.47 Å². The zero-order chi connectivity index (χ0) is 11.4. The molecule has 0 radical (unpaired) electrons. The molecule has 0 spiro atoms. The second-order valence-electron chi connectivity index (χ2n) is 3.93. The van der Waals surface area contributed by atoms with Gasteiger partial charge < -0.3 is 0 Å². The van der Waals surface area contributed by atoms with Crippen LogP contribution in [-0.2, 0) is 6.42 Å². The zero-order valence-corrected chi connectivity index (χ0v) is 11.0. The Morgan fingerprint density at radius 2 is 1.75 bits per heavy atom. The minimum atomic E-state index is 1.15. The van der Waals surface area contributed by atoms with E-state index in [-0.39, 0.29) is 0 Å². The maximum atomic E-state index is 3.65. The number of halogens is 1. The van der Waals surface area contributed by atoms with Crippen LogP contribution in [0.25, 0.3) is 11.1 Å². The SMILES string of the molecule is CCCc1ccc(-c2ccccc2)c(Br)c1. The maximum Gasteiger partial charge on any atom is 0.0256 e. The number of aryl methyl sites for hydroxylation is 1. The van der Waals surface area contributed by atoms with E-state index in [1.165, 1.54) is 27.6 Å². The van der Waals surface area contributed by atoms with Gasteiger partial charge in [-0.25, -0.2) is 0 Å². The summed E-state index contributed by atoms with van der Waals surface area (Å²) in [6, 6.07) is 17.1. The number of rotatable bonds is 3. The molecule has 0 bridgehead atoms. The average molecular weight is 275 g/mol. The minimum absolute atomic E-state index is 1.15. The van der Waals surface area contributed by atoms with E-state index in [4.69, 9.17) is 0 Å². The van der Waals surface area contributed by atoms with Crippen molar-refractivity contribution < 1.29 is 0 Å². The maximum absolute atomic E-state index is 3.65. The van der Waals surface area contributed by atoms with Crippen LogP contribution in [0.3, 0.4) is 0 Å². The molecule has 2 rings (SSSR count). The molecule has 1 heteroatoms. The molecule has 0 aliphatic rings. The van der Waals surface area contributed by atoms with Gasteiger partial charge in [0.15, 0.2) is 0 Å². The van der Waals surface area contributed by atoms with Gasteiger partial charge in [0.2, 0.25) is 0 Å². The molecule has 0 unspecified atom stereocenters. The van der Waals surface area contributed by atoms with Crippen LogP contribution >= 0.6 is 15.9 Å². The van der Waals surface area contributed by atoms with Crippen molar-refractivity contribution in [1.82, 2.24) is 0 Å².